The summed E-state index contributed by atoms with van der Waals surface area (Å²) in [7, 11) is 3.22. The summed E-state index contributed by atoms with van der Waals surface area (Å²) in [6.07, 6.45) is -0.643. The fourth-order valence-electron chi connectivity index (χ4n) is 1.88. The molecule has 0 saturated carbocycles. The quantitative estimate of drug-likeness (QED) is 0.839. The van der Waals surface area contributed by atoms with Gasteiger partial charge in [0, 0.05) is 5.56 Å². The van der Waals surface area contributed by atoms with Crippen LogP contribution in [0.1, 0.15) is 29.7 Å². The van der Waals surface area contributed by atoms with Crippen LogP contribution in [-0.4, -0.2) is 25.4 Å². The van der Waals surface area contributed by atoms with Crippen LogP contribution in [0.2, 0.25) is 0 Å². The second-order valence-corrected chi connectivity index (χ2v) is 4.22. The fraction of sp³-hybridized carbons (Fsp3) is 0.538. The van der Waals surface area contributed by atoms with Crippen molar-refractivity contribution in [3.63, 3.8) is 0 Å². The van der Waals surface area contributed by atoms with Gasteiger partial charge in [-0.25, -0.2) is 0 Å². The van der Waals surface area contributed by atoms with Gasteiger partial charge in [0.2, 0.25) is 0 Å². The van der Waals surface area contributed by atoms with Crippen molar-refractivity contribution >= 4 is 0 Å². The second kappa shape index (κ2) is 5.38. The average Bonchev–Trinajstić information content (AvgIpc) is 2.31. The average molecular weight is 239 g/mol. The van der Waals surface area contributed by atoms with Crippen LogP contribution in [0, 0.1) is 13.8 Å². The van der Waals surface area contributed by atoms with Crippen LogP contribution in [0.4, 0.5) is 0 Å². The van der Waals surface area contributed by atoms with Crippen molar-refractivity contribution in [2.45, 2.75) is 32.9 Å². The Kier molecular flexibility index (Phi) is 4.37. The van der Waals surface area contributed by atoms with Crippen molar-refractivity contribution in [3.05, 3.63) is 22.8 Å². The van der Waals surface area contributed by atoms with Gasteiger partial charge in [0.15, 0.2) is 0 Å². The molecule has 1 rings (SSSR count). The normalized spacial score (nSPS) is 14.3. The summed E-state index contributed by atoms with van der Waals surface area (Å²) in [5.74, 6) is 1.48. The molecule has 1 aromatic carbocycles. The first-order valence-electron chi connectivity index (χ1n) is 5.59. The maximum absolute atomic E-state index is 9.60. The standard InChI is InChI=1S/C13H21NO3/c1-7-8(2)13(17-5)10(6-11(7)16-4)12(14)9(3)15/h6,9,12,15H,14H2,1-5H3. The third-order valence-electron chi connectivity index (χ3n) is 3.12. The lowest BCUT2D eigenvalue weighted by Crippen LogP contribution is -2.24. The number of benzene rings is 1. The molecule has 0 saturated heterocycles. The fourth-order valence-corrected chi connectivity index (χ4v) is 1.88. The molecule has 96 valence electrons. The first kappa shape index (κ1) is 13.8. The topological polar surface area (TPSA) is 64.7 Å². The molecular weight excluding hydrogens is 218 g/mol. The SMILES string of the molecule is COc1cc(C(N)C(C)O)c(OC)c(C)c1C. The Morgan fingerprint density at radius 2 is 1.76 bits per heavy atom. The van der Waals surface area contributed by atoms with E-state index >= 15 is 0 Å². The van der Waals surface area contributed by atoms with Crippen LogP contribution >= 0.6 is 0 Å². The van der Waals surface area contributed by atoms with E-state index in [1.165, 1.54) is 0 Å². The van der Waals surface area contributed by atoms with E-state index in [1.54, 1.807) is 21.1 Å². The summed E-state index contributed by atoms with van der Waals surface area (Å²) >= 11 is 0. The van der Waals surface area contributed by atoms with Gasteiger partial charge >= 0.3 is 0 Å². The molecular formula is C13H21NO3. The van der Waals surface area contributed by atoms with E-state index < -0.39 is 12.1 Å². The van der Waals surface area contributed by atoms with Gasteiger partial charge in [-0.2, -0.15) is 0 Å². The molecule has 0 aliphatic carbocycles. The molecule has 0 aromatic heterocycles. The van der Waals surface area contributed by atoms with E-state index in [2.05, 4.69) is 0 Å². The van der Waals surface area contributed by atoms with E-state index in [4.69, 9.17) is 15.2 Å². The maximum atomic E-state index is 9.60. The van der Waals surface area contributed by atoms with E-state index in [9.17, 15) is 5.11 Å². The van der Waals surface area contributed by atoms with Crippen LogP contribution in [0.3, 0.4) is 0 Å². The molecule has 1 aromatic rings. The summed E-state index contributed by atoms with van der Waals surface area (Å²) in [6, 6.07) is 1.34. The van der Waals surface area contributed by atoms with Crippen molar-refractivity contribution in [1.82, 2.24) is 0 Å². The van der Waals surface area contributed by atoms with E-state index in [0.717, 1.165) is 28.2 Å². The Hall–Kier alpha value is -1.26. The van der Waals surface area contributed by atoms with E-state index in [-0.39, 0.29) is 0 Å². The van der Waals surface area contributed by atoms with Crippen LogP contribution in [-0.2, 0) is 0 Å². The molecule has 17 heavy (non-hydrogen) atoms. The minimum absolute atomic E-state index is 0.488. The molecule has 0 radical (unpaired) electrons. The van der Waals surface area contributed by atoms with Crippen molar-refractivity contribution < 1.29 is 14.6 Å². The monoisotopic (exact) mass is 239 g/mol. The van der Waals surface area contributed by atoms with Crippen LogP contribution < -0.4 is 15.2 Å². The van der Waals surface area contributed by atoms with Gasteiger partial charge in [-0.05, 0) is 38.0 Å². The number of methoxy groups -OCH3 is 2. The van der Waals surface area contributed by atoms with E-state index in [0.29, 0.717) is 0 Å². The molecule has 0 aliphatic rings. The highest BCUT2D eigenvalue weighted by Crippen LogP contribution is 2.36. The third kappa shape index (κ3) is 2.53. The number of nitrogens with two attached hydrogens (primary N) is 1. The lowest BCUT2D eigenvalue weighted by Gasteiger charge is -2.22. The molecule has 0 amide bonds. The van der Waals surface area contributed by atoms with Gasteiger partial charge in [-0.3, -0.25) is 0 Å². The number of rotatable bonds is 4. The predicted molar refractivity (Wildman–Crippen MR) is 67.6 cm³/mol. The molecule has 2 unspecified atom stereocenters. The maximum Gasteiger partial charge on any atom is 0.127 e. The Morgan fingerprint density at radius 1 is 1.18 bits per heavy atom. The van der Waals surface area contributed by atoms with Crippen molar-refractivity contribution in [2.24, 2.45) is 5.73 Å². The second-order valence-electron chi connectivity index (χ2n) is 4.22. The predicted octanol–water partition coefficient (Wildman–Crippen LogP) is 1.70. The first-order chi connectivity index (χ1) is 7.93. The Bertz CT molecular complexity index is 402. The smallest absolute Gasteiger partial charge is 0.127 e. The Morgan fingerprint density at radius 3 is 2.18 bits per heavy atom. The van der Waals surface area contributed by atoms with Gasteiger partial charge < -0.3 is 20.3 Å². The molecule has 0 aliphatic heterocycles. The number of aliphatic hydroxyl groups is 1. The molecule has 0 fully saturated rings. The summed E-state index contributed by atoms with van der Waals surface area (Å²) < 4.78 is 10.7. The van der Waals surface area contributed by atoms with Crippen LogP contribution in [0.15, 0.2) is 6.07 Å². The largest absolute Gasteiger partial charge is 0.496 e. The zero-order chi connectivity index (χ0) is 13.2. The molecule has 0 bridgehead atoms. The van der Waals surface area contributed by atoms with Gasteiger partial charge in [0.1, 0.15) is 11.5 Å². The molecule has 4 heteroatoms. The zero-order valence-corrected chi connectivity index (χ0v) is 11.1. The molecule has 0 spiro atoms. The van der Waals surface area contributed by atoms with Crippen LogP contribution in [0.25, 0.3) is 0 Å². The number of hydrogen-bond donors (Lipinski definition) is 2. The third-order valence-corrected chi connectivity index (χ3v) is 3.12. The zero-order valence-electron chi connectivity index (χ0n) is 11.1. The highest BCUT2D eigenvalue weighted by atomic mass is 16.5. The first-order valence-corrected chi connectivity index (χ1v) is 5.59. The number of hydrogen-bond acceptors (Lipinski definition) is 4. The summed E-state index contributed by atoms with van der Waals surface area (Å²) in [6.45, 7) is 5.58. The summed E-state index contributed by atoms with van der Waals surface area (Å²) in [4.78, 5) is 0. The van der Waals surface area contributed by atoms with Gasteiger partial charge in [-0.15, -0.1) is 0 Å². The molecule has 2 atom stereocenters. The Labute approximate surface area is 102 Å². The van der Waals surface area contributed by atoms with E-state index in [1.807, 2.05) is 19.9 Å². The lowest BCUT2D eigenvalue weighted by atomic mass is 9.96. The van der Waals surface area contributed by atoms with Crippen molar-refractivity contribution in [1.29, 1.82) is 0 Å². The van der Waals surface area contributed by atoms with Gasteiger partial charge in [-0.1, -0.05) is 0 Å². The number of ether oxygens (including phenoxy) is 2. The lowest BCUT2D eigenvalue weighted by molar-refractivity contribution is 0.162. The van der Waals surface area contributed by atoms with Crippen molar-refractivity contribution in [2.75, 3.05) is 14.2 Å². The van der Waals surface area contributed by atoms with Crippen molar-refractivity contribution in [3.8, 4) is 11.5 Å². The number of aliphatic hydroxyl groups excluding tert-OH is 1. The minimum atomic E-state index is -0.643. The highest BCUT2D eigenvalue weighted by Gasteiger charge is 2.21. The van der Waals surface area contributed by atoms with Gasteiger partial charge in [0.25, 0.3) is 0 Å². The molecule has 3 N–H and O–H groups in total. The van der Waals surface area contributed by atoms with Crippen LogP contribution in [0.5, 0.6) is 11.5 Å². The Balaban J connectivity index is 3.42. The minimum Gasteiger partial charge on any atom is -0.496 e. The van der Waals surface area contributed by atoms with Gasteiger partial charge in [0.05, 0.1) is 26.4 Å². The molecule has 0 heterocycles. The summed E-state index contributed by atoms with van der Waals surface area (Å²) in [5.41, 5.74) is 8.74. The molecule has 4 nitrogen and oxygen atoms in total. The highest BCUT2D eigenvalue weighted by molar-refractivity contribution is 5.53. The summed E-state index contributed by atoms with van der Waals surface area (Å²) in [5, 5.41) is 9.60.